The zero-order valence-corrected chi connectivity index (χ0v) is 23.2. The average molecular weight is 551 g/mol. The Balaban J connectivity index is 1.18. The molecular weight excluding hydrogens is 512 g/mol. The summed E-state index contributed by atoms with van der Waals surface area (Å²) in [7, 11) is 0. The topological polar surface area (TPSA) is 140 Å². The molecule has 0 radical (unpaired) electrons. The van der Waals surface area contributed by atoms with E-state index in [1.165, 1.54) is 0 Å². The molecule has 1 aromatic heterocycles. The summed E-state index contributed by atoms with van der Waals surface area (Å²) in [6.07, 6.45) is 8.28. The number of esters is 1. The van der Waals surface area contributed by atoms with Crippen molar-refractivity contribution < 1.29 is 33.8 Å². The molecule has 0 bridgehead atoms. The molecule has 9 nitrogen and oxygen atoms in total. The van der Waals surface area contributed by atoms with Crippen LogP contribution in [0, 0.1) is 28.6 Å². The molecule has 4 aliphatic rings. The van der Waals surface area contributed by atoms with Crippen molar-refractivity contribution in [2.45, 2.75) is 83.8 Å². The third-order valence-electron chi connectivity index (χ3n) is 10.4. The first-order valence-corrected chi connectivity index (χ1v) is 14.3. The number of hydrogen-bond donors (Lipinski definition) is 2. The number of rotatable bonds is 8. The second-order valence-electron chi connectivity index (χ2n) is 12.5. The van der Waals surface area contributed by atoms with Crippen molar-refractivity contribution in [1.29, 1.82) is 0 Å². The van der Waals surface area contributed by atoms with E-state index in [9.17, 15) is 29.1 Å². The molecule has 6 atom stereocenters. The van der Waals surface area contributed by atoms with Gasteiger partial charge < -0.3 is 15.2 Å². The second kappa shape index (κ2) is 10.7. The van der Waals surface area contributed by atoms with Crippen molar-refractivity contribution in [2.75, 3.05) is 6.61 Å². The number of pyridine rings is 1. The number of hydrogen-bond acceptors (Lipinski definition) is 8. The van der Waals surface area contributed by atoms with Crippen LogP contribution in [-0.2, 0) is 35.3 Å². The summed E-state index contributed by atoms with van der Waals surface area (Å²) in [6, 6.07) is 3.59. The Morgan fingerprint density at radius 2 is 1.93 bits per heavy atom. The van der Waals surface area contributed by atoms with Crippen LogP contribution < -0.4 is 5.32 Å². The van der Waals surface area contributed by atoms with Crippen LogP contribution >= 0.6 is 0 Å². The standard InChI is InChI=1S/C31H38N2O7/c1-29-11-9-21(34)14-20(29)5-6-22-23-10-12-31(39,30(23,2)15-24(35)28(22)29)25(36)18-40-27(38)8-7-26(37)33-17-19-4-3-13-32-16-19/h3-4,13-14,16,22-23,28,39H,5-12,15,17-18H2,1-2H3,(H,33,37). The molecule has 5 rings (SSSR count). The van der Waals surface area contributed by atoms with Crippen LogP contribution in [0.5, 0.6) is 0 Å². The maximum absolute atomic E-state index is 13.7. The van der Waals surface area contributed by atoms with Crippen LogP contribution in [0.2, 0.25) is 0 Å². The summed E-state index contributed by atoms with van der Waals surface area (Å²) in [5.74, 6) is -1.63. The third-order valence-corrected chi connectivity index (χ3v) is 10.4. The molecule has 1 heterocycles. The highest BCUT2D eigenvalue weighted by atomic mass is 16.5. The van der Waals surface area contributed by atoms with Crippen LogP contribution in [0.1, 0.15) is 77.2 Å². The first kappa shape index (κ1) is 28.3. The molecule has 1 aromatic rings. The van der Waals surface area contributed by atoms with Crippen LogP contribution in [0.3, 0.4) is 0 Å². The van der Waals surface area contributed by atoms with Crippen molar-refractivity contribution >= 4 is 29.2 Å². The van der Waals surface area contributed by atoms with Crippen molar-refractivity contribution in [3.63, 3.8) is 0 Å². The van der Waals surface area contributed by atoms with Gasteiger partial charge in [-0.15, -0.1) is 0 Å². The highest BCUT2D eigenvalue weighted by molar-refractivity contribution is 5.95. The van der Waals surface area contributed by atoms with Gasteiger partial charge in [-0.05, 0) is 67.1 Å². The van der Waals surface area contributed by atoms with Gasteiger partial charge in [-0.2, -0.15) is 0 Å². The van der Waals surface area contributed by atoms with Gasteiger partial charge in [-0.25, -0.2) is 0 Å². The molecule has 0 aliphatic heterocycles. The fraction of sp³-hybridized carbons (Fsp3) is 0.613. The summed E-state index contributed by atoms with van der Waals surface area (Å²) in [5.41, 5.74) is -1.15. The molecule has 0 aromatic carbocycles. The summed E-state index contributed by atoms with van der Waals surface area (Å²) < 4.78 is 5.19. The smallest absolute Gasteiger partial charge is 0.306 e. The van der Waals surface area contributed by atoms with Gasteiger partial charge >= 0.3 is 5.97 Å². The van der Waals surface area contributed by atoms with Gasteiger partial charge in [0, 0.05) is 49.5 Å². The molecule has 214 valence electrons. The minimum Gasteiger partial charge on any atom is -0.458 e. The zero-order chi connectivity index (χ0) is 28.7. The highest BCUT2D eigenvalue weighted by Crippen LogP contribution is 2.66. The van der Waals surface area contributed by atoms with Gasteiger partial charge in [-0.3, -0.25) is 29.0 Å². The number of allylic oxidation sites excluding steroid dienone is 1. The summed E-state index contributed by atoms with van der Waals surface area (Å²) in [5, 5.41) is 14.5. The lowest BCUT2D eigenvalue weighted by atomic mass is 9.46. The minimum absolute atomic E-state index is 0.0145. The molecule has 4 aliphatic carbocycles. The van der Waals surface area contributed by atoms with Crippen molar-refractivity contribution in [2.24, 2.45) is 28.6 Å². The van der Waals surface area contributed by atoms with E-state index in [2.05, 4.69) is 17.2 Å². The van der Waals surface area contributed by atoms with Gasteiger partial charge in [0.15, 0.2) is 12.4 Å². The zero-order valence-electron chi connectivity index (χ0n) is 23.2. The highest BCUT2D eigenvalue weighted by Gasteiger charge is 2.68. The number of carbonyl (C=O) groups excluding carboxylic acids is 5. The monoisotopic (exact) mass is 550 g/mol. The molecule has 9 heteroatoms. The van der Waals surface area contributed by atoms with Crippen molar-refractivity contribution in [3.8, 4) is 0 Å². The van der Waals surface area contributed by atoms with E-state index in [4.69, 9.17) is 4.74 Å². The molecule has 40 heavy (non-hydrogen) atoms. The predicted octanol–water partition coefficient (Wildman–Crippen LogP) is 3.03. The maximum atomic E-state index is 13.7. The maximum Gasteiger partial charge on any atom is 0.306 e. The van der Waals surface area contributed by atoms with Gasteiger partial charge in [0.05, 0.1) is 6.42 Å². The molecule has 1 amide bonds. The first-order chi connectivity index (χ1) is 19.0. The average Bonchev–Trinajstić information content (AvgIpc) is 3.20. The second-order valence-corrected chi connectivity index (χ2v) is 12.5. The number of ether oxygens (including phenoxy) is 1. The summed E-state index contributed by atoms with van der Waals surface area (Å²) >= 11 is 0. The Morgan fingerprint density at radius 1 is 1.12 bits per heavy atom. The number of aromatic nitrogens is 1. The number of nitrogens with one attached hydrogen (secondary N) is 1. The Kier molecular flexibility index (Phi) is 7.54. The molecular formula is C31H38N2O7. The van der Waals surface area contributed by atoms with Gasteiger partial charge in [0.25, 0.3) is 0 Å². The molecule has 6 unspecified atom stereocenters. The number of amides is 1. The number of aliphatic hydroxyl groups is 1. The van der Waals surface area contributed by atoms with E-state index in [0.717, 1.165) is 24.0 Å². The van der Waals surface area contributed by atoms with Crippen LogP contribution in [0.15, 0.2) is 36.2 Å². The lowest BCUT2D eigenvalue weighted by molar-refractivity contribution is -0.173. The van der Waals surface area contributed by atoms with Crippen LogP contribution in [-0.4, -0.2) is 51.5 Å². The van der Waals surface area contributed by atoms with E-state index in [0.29, 0.717) is 25.8 Å². The lowest BCUT2D eigenvalue weighted by Crippen LogP contribution is -2.61. The van der Waals surface area contributed by atoms with E-state index in [-0.39, 0.29) is 66.3 Å². The largest absolute Gasteiger partial charge is 0.458 e. The number of carbonyl (C=O) groups is 5. The van der Waals surface area contributed by atoms with E-state index in [1.54, 1.807) is 24.5 Å². The number of Topliss-reactive ketones (excluding diaryl/α,β-unsaturated/α-hetero) is 2. The van der Waals surface area contributed by atoms with Crippen LogP contribution in [0.4, 0.5) is 0 Å². The van der Waals surface area contributed by atoms with Crippen molar-refractivity contribution in [3.05, 3.63) is 41.7 Å². The number of nitrogens with zero attached hydrogens (tertiary/aromatic N) is 1. The van der Waals surface area contributed by atoms with Gasteiger partial charge in [-0.1, -0.05) is 25.5 Å². The molecule has 3 saturated carbocycles. The van der Waals surface area contributed by atoms with E-state index in [1.807, 2.05) is 13.0 Å². The Bertz CT molecular complexity index is 1260. The molecule has 0 spiro atoms. The van der Waals surface area contributed by atoms with Crippen molar-refractivity contribution in [1.82, 2.24) is 10.3 Å². The summed E-state index contributed by atoms with van der Waals surface area (Å²) in [4.78, 5) is 67.5. The number of ketones is 3. The lowest BCUT2D eigenvalue weighted by Gasteiger charge is -2.57. The summed E-state index contributed by atoms with van der Waals surface area (Å²) in [6.45, 7) is 3.64. The molecule has 0 saturated heterocycles. The van der Waals surface area contributed by atoms with E-state index >= 15 is 0 Å². The number of fused-ring (bicyclic) bond motifs is 5. The van der Waals surface area contributed by atoms with Gasteiger partial charge in [0.1, 0.15) is 11.4 Å². The quantitative estimate of drug-likeness (QED) is 0.471. The Labute approximate surface area is 234 Å². The fourth-order valence-electron chi connectivity index (χ4n) is 8.19. The first-order valence-electron chi connectivity index (χ1n) is 14.3. The molecule has 2 N–H and O–H groups in total. The third kappa shape index (κ3) is 4.82. The van der Waals surface area contributed by atoms with Gasteiger partial charge in [0.2, 0.25) is 11.7 Å². The Hall–Kier alpha value is -3.20. The molecule has 3 fully saturated rings. The minimum atomic E-state index is -1.76. The SMILES string of the molecule is CC12CCC(=O)C=C1CCC1C2C(=O)CC2(C)C1CCC2(O)C(=O)COC(=O)CCC(=O)NCc1cccnc1. The predicted molar refractivity (Wildman–Crippen MR) is 143 cm³/mol. The Morgan fingerprint density at radius 3 is 2.67 bits per heavy atom. The fourth-order valence-corrected chi connectivity index (χ4v) is 8.19. The van der Waals surface area contributed by atoms with E-state index < -0.39 is 29.4 Å². The van der Waals surface area contributed by atoms with Crippen LogP contribution in [0.25, 0.3) is 0 Å². The normalized spacial score (nSPS) is 34.7.